The first kappa shape index (κ1) is 32.9. The minimum absolute atomic E-state index is 0.140. The normalized spacial score (nSPS) is 17.7. The van der Waals surface area contributed by atoms with E-state index < -0.39 is 57.4 Å². The van der Waals surface area contributed by atoms with Gasteiger partial charge in [0.15, 0.2) is 0 Å². The molecule has 0 spiro atoms. The SMILES string of the molecule is CCN1C(=O)[C@@H](NC(=O)c2cccc(C(F)(F)F)c2)[C@@H](c2ccc(F)cc2)c2c(C=N[S+]([O-])C(C)(C)C)nn(-c3ccccc3)c21. The van der Waals surface area contributed by atoms with Gasteiger partial charge in [0.1, 0.15) is 45.7 Å². The zero-order valence-electron chi connectivity index (χ0n) is 25.4. The summed E-state index contributed by atoms with van der Waals surface area (Å²) in [6, 6.07) is 16.9. The molecule has 2 amide bonds. The van der Waals surface area contributed by atoms with Gasteiger partial charge in [-0.1, -0.05) is 40.8 Å². The molecule has 3 atom stereocenters. The van der Waals surface area contributed by atoms with E-state index in [1.807, 2.05) is 6.07 Å². The van der Waals surface area contributed by atoms with Gasteiger partial charge in [0.2, 0.25) is 0 Å². The second-order valence-corrected chi connectivity index (χ2v) is 13.5. The minimum Gasteiger partial charge on any atom is -0.591 e. The molecule has 1 unspecified atom stereocenters. The Labute approximate surface area is 266 Å². The van der Waals surface area contributed by atoms with Crippen LogP contribution in [0.1, 0.15) is 66.4 Å². The van der Waals surface area contributed by atoms with Crippen molar-refractivity contribution in [3.05, 3.63) is 113 Å². The van der Waals surface area contributed by atoms with Crippen LogP contribution >= 0.6 is 0 Å². The van der Waals surface area contributed by atoms with Crippen molar-refractivity contribution in [2.24, 2.45) is 4.40 Å². The molecule has 2 heterocycles. The fourth-order valence-corrected chi connectivity index (χ4v) is 5.73. The summed E-state index contributed by atoms with van der Waals surface area (Å²) < 4.78 is 72.6. The third-order valence-corrected chi connectivity index (χ3v) is 8.78. The molecule has 5 rings (SSSR count). The van der Waals surface area contributed by atoms with Gasteiger partial charge in [0.25, 0.3) is 11.8 Å². The van der Waals surface area contributed by atoms with Gasteiger partial charge >= 0.3 is 6.18 Å². The van der Waals surface area contributed by atoms with Crippen LogP contribution in [-0.4, -0.2) is 49.7 Å². The van der Waals surface area contributed by atoms with E-state index in [4.69, 9.17) is 5.10 Å². The van der Waals surface area contributed by atoms with Crippen LogP contribution in [-0.2, 0) is 22.3 Å². The molecule has 1 aliphatic rings. The molecule has 0 fully saturated rings. The Bertz CT molecular complexity index is 1770. The molecule has 0 saturated carbocycles. The maximum absolute atomic E-state index is 14.3. The zero-order chi connectivity index (χ0) is 33.4. The number of fused-ring (bicyclic) bond motifs is 1. The minimum atomic E-state index is -4.69. The van der Waals surface area contributed by atoms with Crippen molar-refractivity contribution in [3.8, 4) is 5.69 Å². The number of likely N-dealkylation sites (N-methyl/N-ethyl adjacent to an activating group) is 1. The van der Waals surface area contributed by atoms with Crippen LogP contribution in [0.4, 0.5) is 23.4 Å². The number of alkyl halides is 3. The quantitative estimate of drug-likeness (QED) is 0.146. The van der Waals surface area contributed by atoms with Crippen LogP contribution in [0.5, 0.6) is 0 Å². The van der Waals surface area contributed by atoms with E-state index in [0.29, 0.717) is 28.7 Å². The Morgan fingerprint density at radius 2 is 1.72 bits per heavy atom. The van der Waals surface area contributed by atoms with Crippen molar-refractivity contribution >= 4 is 35.2 Å². The molecular weight excluding hydrogens is 622 g/mol. The predicted octanol–water partition coefficient (Wildman–Crippen LogP) is 6.21. The third kappa shape index (κ3) is 6.56. The molecule has 4 aromatic rings. The molecule has 0 bridgehead atoms. The highest BCUT2D eigenvalue weighted by atomic mass is 32.2. The van der Waals surface area contributed by atoms with Crippen LogP contribution in [0.3, 0.4) is 0 Å². The molecule has 1 N–H and O–H groups in total. The van der Waals surface area contributed by atoms with Gasteiger partial charge < -0.3 is 9.87 Å². The smallest absolute Gasteiger partial charge is 0.416 e. The number of nitrogens with one attached hydrogen (secondary N) is 1. The summed E-state index contributed by atoms with van der Waals surface area (Å²) in [6.45, 7) is 7.15. The van der Waals surface area contributed by atoms with E-state index in [1.54, 1.807) is 56.6 Å². The lowest BCUT2D eigenvalue weighted by Crippen LogP contribution is -2.55. The van der Waals surface area contributed by atoms with Crippen LogP contribution in [0, 0.1) is 5.82 Å². The molecule has 8 nitrogen and oxygen atoms in total. The van der Waals surface area contributed by atoms with Crippen LogP contribution < -0.4 is 10.2 Å². The molecule has 1 aliphatic heterocycles. The van der Waals surface area contributed by atoms with Crippen molar-refractivity contribution in [2.75, 3.05) is 11.4 Å². The Morgan fingerprint density at radius 1 is 1.04 bits per heavy atom. The number of hydrogen-bond acceptors (Lipinski definition) is 5. The number of halogens is 4. The number of carbonyl (C=O) groups excluding carboxylic acids is 2. The summed E-state index contributed by atoms with van der Waals surface area (Å²) in [5, 5.41) is 7.44. The van der Waals surface area contributed by atoms with Crippen molar-refractivity contribution < 1.29 is 31.7 Å². The monoisotopic (exact) mass is 653 g/mol. The number of hydrogen-bond donors (Lipinski definition) is 1. The predicted molar refractivity (Wildman–Crippen MR) is 168 cm³/mol. The summed E-state index contributed by atoms with van der Waals surface area (Å²) in [5.41, 5.74) is 0.399. The average molecular weight is 654 g/mol. The first-order chi connectivity index (χ1) is 21.7. The lowest BCUT2D eigenvalue weighted by molar-refractivity contribution is -0.137. The number of rotatable bonds is 7. The van der Waals surface area contributed by atoms with Crippen molar-refractivity contribution in [3.63, 3.8) is 0 Å². The standard InChI is InChI=1S/C33H31F4N5O3S/c1-5-41-30-27(25(19-38-46(45)32(2,3)4)40-42(30)24-12-7-6-8-13-24)26(20-14-16-23(34)17-15-20)28(31(41)44)39-29(43)21-10-9-11-22(18-21)33(35,36)37/h6-19,26,28H,5H2,1-4H3,(H,39,43)/t26-,28-,46?/m0/s1. The van der Waals surface area contributed by atoms with E-state index in [0.717, 1.165) is 12.1 Å². The van der Waals surface area contributed by atoms with Crippen molar-refractivity contribution in [2.45, 2.75) is 50.6 Å². The average Bonchev–Trinajstić information content (AvgIpc) is 3.39. The van der Waals surface area contributed by atoms with Gasteiger partial charge in [-0.25, -0.2) is 9.07 Å². The van der Waals surface area contributed by atoms with E-state index >= 15 is 0 Å². The molecule has 0 aliphatic carbocycles. The number of carbonyl (C=O) groups is 2. The van der Waals surface area contributed by atoms with Gasteiger partial charge in [-0.3, -0.25) is 14.5 Å². The number of aromatic nitrogens is 2. The second kappa shape index (κ2) is 12.7. The summed E-state index contributed by atoms with van der Waals surface area (Å²) in [7, 11) is 0. The van der Waals surface area contributed by atoms with Gasteiger partial charge in [-0.2, -0.15) is 18.3 Å². The molecule has 46 heavy (non-hydrogen) atoms. The van der Waals surface area contributed by atoms with E-state index in [2.05, 4.69) is 9.71 Å². The van der Waals surface area contributed by atoms with Crippen molar-refractivity contribution in [1.29, 1.82) is 0 Å². The lowest BCUT2D eigenvalue weighted by Gasteiger charge is -2.38. The highest BCUT2D eigenvalue weighted by molar-refractivity contribution is 7.91. The van der Waals surface area contributed by atoms with Gasteiger partial charge in [0.05, 0.1) is 11.3 Å². The number of benzene rings is 3. The number of amides is 2. The highest BCUT2D eigenvalue weighted by Gasteiger charge is 2.46. The first-order valence-corrected chi connectivity index (χ1v) is 15.5. The van der Waals surface area contributed by atoms with Crippen LogP contribution in [0.15, 0.2) is 83.3 Å². The van der Waals surface area contributed by atoms with Gasteiger partial charge in [-0.15, -0.1) is 0 Å². The van der Waals surface area contributed by atoms with Crippen LogP contribution in [0.2, 0.25) is 0 Å². The van der Waals surface area contributed by atoms with Crippen molar-refractivity contribution in [1.82, 2.24) is 15.1 Å². The number of nitrogens with zero attached hydrogens (tertiary/aromatic N) is 4. The maximum atomic E-state index is 14.3. The maximum Gasteiger partial charge on any atom is 0.416 e. The van der Waals surface area contributed by atoms with Gasteiger partial charge in [-0.05, 0) is 75.7 Å². The van der Waals surface area contributed by atoms with Crippen LogP contribution in [0.25, 0.3) is 5.69 Å². The fraction of sp³-hybridized carbons (Fsp3) is 0.273. The summed E-state index contributed by atoms with van der Waals surface area (Å²) in [6.07, 6.45) is -3.33. The molecule has 0 saturated heterocycles. The number of para-hydroxylation sites is 1. The fourth-order valence-electron chi connectivity index (χ4n) is 5.22. The zero-order valence-corrected chi connectivity index (χ0v) is 26.2. The molecule has 3 aromatic carbocycles. The number of anilines is 1. The topological polar surface area (TPSA) is 103 Å². The Balaban J connectivity index is 1.73. The van der Waals surface area contributed by atoms with E-state index in [-0.39, 0.29) is 17.8 Å². The van der Waals surface area contributed by atoms with Gasteiger partial charge in [0, 0.05) is 23.6 Å². The molecular formula is C33H31F4N5O3S. The molecule has 1 aromatic heterocycles. The Morgan fingerprint density at radius 3 is 2.33 bits per heavy atom. The molecule has 240 valence electrons. The molecule has 13 heteroatoms. The third-order valence-electron chi connectivity index (χ3n) is 7.44. The second-order valence-electron chi connectivity index (χ2n) is 11.6. The first-order valence-electron chi connectivity index (χ1n) is 14.4. The van der Waals surface area contributed by atoms with E-state index in [1.165, 1.54) is 41.4 Å². The highest BCUT2D eigenvalue weighted by Crippen LogP contribution is 2.43. The lowest BCUT2D eigenvalue weighted by atomic mass is 9.81. The molecule has 0 radical (unpaired) electrons. The largest absolute Gasteiger partial charge is 0.591 e. The van der Waals surface area contributed by atoms with E-state index in [9.17, 15) is 31.7 Å². The Hall–Kier alpha value is -4.49. The summed E-state index contributed by atoms with van der Waals surface area (Å²) in [5.74, 6) is -2.62. The summed E-state index contributed by atoms with van der Waals surface area (Å²) in [4.78, 5) is 29.2. The summed E-state index contributed by atoms with van der Waals surface area (Å²) >= 11 is -1.67. The Kier molecular flexibility index (Phi) is 9.09.